The van der Waals surface area contributed by atoms with Gasteiger partial charge in [0.15, 0.2) is 0 Å². The van der Waals surface area contributed by atoms with Gasteiger partial charge in [-0.15, -0.1) is 0 Å². The van der Waals surface area contributed by atoms with Gasteiger partial charge in [0.2, 0.25) is 10.0 Å². The van der Waals surface area contributed by atoms with Gasteiger partial charge in [-0.1, -0.05) is 11.6 Å². The Morgan fingerprint density at radius 3 is 2.40 bits per heavy atom. The summed E-state index contributed by atoms with van der Waals surface area (Å²) >= 11 is 5.66. The molecule has 9 heteroatoms. The van der Waals surface area contributed by atoms with Gasteiger partial charge in [0.05, 0.1) is 22.0 Å². The Hall–Kier alpha value is -0.990. The minimum Gasteiger partial charge on any atom is -0.330 e. The zero-order chi connectivity index (χ0) is 15.4. The lowest BCUT2D eigenvalue weighted by Gasteiger charge is -2.12. The molecule has 0 saturated heterocycles. The quantitative estimate of drug-likeness (QED) is 0.788. The summed E-state index contributed by atoms with van der Waals surface area (Å²) < 4.78 is 62.8. The molecule has 1 aromatic rings. The highest BCUT2D eigenvalue weighted by Crippen LogP contribution is 2.34. The summed E-state index contributed by atoms with van der Waals surface area (Å²) in [4.78, 5) is 0. The van der Waals surface area contributed by atoms with Crippen LogP contribution in [-0.2, 0) is 16.2 Å². The first-order chi connectivity index (χ1) is 9.15. The van der Waals surface area contributed by atoms with E-state index in [9.17, 15) is 21.6 Å². The largest absolute Gasteiger partial charge is 0.416 e. The van der Waals surface area contributed by atoms with Gasteiger partial charge in [0.1, 0.15) is 0 Å². The van der Waals surface area contributed by atoms with E-state index in [2.05, 4.69) is 4.72 Å². The van der Waals surface area contributed by atoms with Crippen molar-refractivity contribution in [2.45, 2.75) is 19.0 Å². The molecule has 0 unspecified atom stereocenters. The molecule has 0 heterocycles. The molecule has 0 aromatic heterocycles. The van der Waals surface area contributed by atoms with Crippen molar-refractivity contribution < 1.29 is 21.6 Å². The SMILES string of the molecule is NCCCCS(=O)(=O)Nc1ccc(C(F)(F)F)cc1Cl. The van der Waals surface area contributed by atoms with Crippen LogP contribution >= 0.6 is 11.6 Å². The molecule has 0 radical (unpaired) electrons. The van der Waals surface area contributed by atoms with Gasteiger partial charge in [-0.25, -0.2) is 8.42 Å². The molecule has 4 nitrogen and oxygen atoms in total. The maximum atomic E-state index is 12.4. The smallest absolute Gasteiger partial charge is 0.330 e. The minimum absolute atomic E-state index is 0.0765. The Morgan fingerprint density at radius 1 is 1.25 bits per heavy atom. The standard InChI is InChI=1S/C11H14ClF3N2O2S/c12-9-7-8(11(13,14)15)3-4-10(9)17-20(18,19)6-2-1-5-16/h3-4,7,17H,1-2,5-6,16H2. The van der Waals surface area contributed by atoms with Crippen LogP contribution in [0.2, 0.25) is 5.02 Å². The number of benzene rings is 1. The van der Waals surface area contributed by atoms with Crippen LogP contribution in [0.25, 0.3) is 0 Å². The summed E-state index contributed by atoms with van der Waals surface area (Å²) in [6.45, 7) is 0.372. The molecular weight excluding hydrogens is 317 g/mol. The zero-order valence-corrected chi connectivity index (χ0v) is 11.9. The Balaban J connectivity index is 2.83. The molecular formula is C11H14ClF3N2O2S. The van der Waals surface area contributed by atoms with Crippen molar-refractivity contribution in [1.82, 2.24) is 0 Å². The second-order valence-corrected chi connectivity index (χ2v) is 6.36. The molecule has 0 atom stereocenters. The molecule has 3 N–H and O–H groups in total. The van der Waals surface area contributed by atoms with E-state index in [-0.39, 0.29) is 16.5 Å². The molecule has 0 aliphatic rings. The van der Waals surface area contributed by atoms with Crippen LogP contribution in [0.5, 0.6) is 0 Å². The fourth-order valence-electron chi connectivity index (χ4n) is 1.43. The summed E-state index contributed by atoms with van der Waals surface area (Å²) in [5.74, 6) is -0.165. The van der Waals surface area contributed by atoms with Crippen LogP contribution in [0.1, 0.15) is 18.4 Å². The van der Waals surface area contributed by atoms with Crippen LogP contribution in [0.15, 0.2) is 18.2 Å². The molecule has 20 heavy (non-hydrogen) atoms. The Morgan fingerprint density at radius 2 is 1.90 bits per heavy atom. The number of halogens is 4. The molecule has 0 bridgehead atoms. The number of unbranched alkanes of at least 4 members (excludes halogenated alkanes) is 1. The average Bonchev–Trinajstić information content (AvgIpc) is 2.30. The molecule has 0 aliphatic heterocycles. The normalized spacial score (nSPS) is 12.4. The minimum atomic E-state index is -4.53. The average molecular weight is 331 g/mol. The van der Waals surface area contributed by atoms with Crippen molar-refractivity contribution in [2.24, 2.45) is 5.73 Å². The second-order valence-electron chi connectivity index (χ2n) is 4.11. The van der Waals surface area contributed by atoms with Gasteiger partial charge in [0.25, 0.3) is 0 Å². The summed E-state index contributed by atoms with van der Waals surface area (Å²) in [5, 5.41) is -0.303. The fraction of sp³-hybridized carbons (Fsp3) is 0.455. The van der Waals surface area contributed by atoms with Gasteiger partial charge in [-0.3, -0.25) is 4.72 Å². The molecule has 1 aromatic carbocycles. The van der Waals surface area contributed by atoms with Gasteiger partial charge >= 0.3 is 6.18 Å². The molecule has 0 saturated carbocycles. The Kier molecular flexibility index (Phi) is 5.67. The highest BCUT2D eigenvalue weighted by molar-refractivity contribution is 7.92. The lowest BCUT2D eigenvalue weighted by atomic mass is 10.2. The first-order valence-electron chi connectivity index (χ1n) is 5.73. The number of sulfonamides is 1. The van der Waals surface area contributed by atoms with Crippen molar-refractivity contribution in [1.29, 1.82) is 0 Å². The molecule has 1 rings (SSSR count). The van der Waals surface area contributed by atoms with E-state index in [1.165, 1.54) is 0 Å². The van der Waals surface area contributed by atoms with E-state index >= 15 is 0 Å². The summed E-state index contributed by atoms with van der Waals surface area (Å²) in [5.41, 5.74) is 4.24. The molecule has 0 fully saturated rings. The monoisotopic (exact) mass is 330 g/mol. The molecule has 0 amide bonds. The Bertz CT molecular complexity index is 561. The van der Waals surface area contributed by atoms with Crippen LogP contribution in [0, 0.1) is 0 Å². The highest BCUT2D eigenvalue weighted by Gasteiger charge is 2.31. The van der Waals surface area contributed by atoms with E-state index < -0.39 is 21.8 Å². The van der Waals surface area contributed by atoms with Crippen LogP contribution < -0.4 is 10.5 Å². The zero-order valence-electron chi connectivity index (χ0n) is 10.4. The van der Waals surface area contributed by atoms with E-state index in [0.717, 1.165) is 12.1 Å². The van der Waals surface area contributed by atoms with E-state index in [0.29, 0.717) is 25.5 Å². The fourth-order valence-corrected chi connectivity index (χ4v) is 2.91. The third kappa shape index (κ3) is 5.18. The highest BCUT2D eigenvalue weighted by atomic mass is 35.5. The van der Waals surface area contributed by atoms with E-state index in [1.807, 2.05) is 0 Å². The third-order valence-electron chi connectivity index (χ3n) is 2.43. The topological polar surface area (TPSA) is 72.2 Å². The van der Waals surface area contributed by atoms with Gasteiger partial charge < -0.3 is 5.73 Å². The summed E-state index contributed by atoms with van der Waals surface area (Å²) in [6, 6.07) is 2.44. The molecule has 114 valence electrons. The number of nitrogens with two attached hydrogens (primary N) is 1. The first-order valence-corrected chi connectivity index (χ1v) is 7.76. The number of hydrogen-bond donors (Lipinski definition) is 2. The van der Waals surface area contributed by atoms with Gasteiger partial charge in [-0.05, 0) is 37.6 Å². The van der Waals surface area contributed by atoms with E-state index in [4.69, 9.17) is 17.3 Å². The van der Waals surface area contributed by atoms with Crippen molar-refractivity contribution >= 4 is 27.3 Å². The number of nitrogens with one attached hydrogen (secondary N) is 1. The number of rotatable bonds is 6. The Labute approximate surface area is 120 Å². The van der Waals surface area contributed by atoms with Gasteiger partial charge in [-0.2, -0.15) is 13.2 Å². The first kappa shape index (κ1) is 17.1. The lowest BCUT2D eigenvalue weighted by Crippen LogP contribution is -2.18. The number of anilines is 1. The third-order valence-corrected chi connectivity index (χ3v) is 4.10. The van der Waals surface area contributed by atoms with Crippen molar-refractivity contribution in [3.8, 4) is 0 Å². The maximum absolute atomic E-state index is 12.4. The summed E-state index contributed by atoms with van der Waals surface area (Å²) in [7, 11) is -3.65. The van der Waals surface area contributed by atoms with Crippen molar-refractivity contribution in [2.75, 3.05) is 17.0 Å². The van der Waals surface area contributed by atoms with Gasteiger partial charge in [0, 0.05) is 0 Å². The number of alkyl halides is 3. The predicted octanol–water partition coefficient (Wildman–Crippen LogP) is 2.84. The molecule has 0 aliphatic carbocycles. The van der Waals surface area contributed by atoms with Crippen molar-refractivity contribution in [3.05, 3.63) is 28.8 Å². The van der Waals surface area contributed by atoms with Crippen molar-refractivity contribution in [3.63, 3.8) is 0 Å². The van der Waals surface area contributed by atoms with E-state index in [1.54, 1.807) is 0 Å². The summed E-state index contributed by atoms with van der Waals surface area (Å²) in [6.07, 6.45) is -3.62. The maximum Gasteiger partial charge on any atom is 0.416 e. The predicted molar refractivity (Wildman–Crippen MR) is 72.2 cm³/mol. The van der Waals surface area contributed by atoms with Crippen LogP contribution in [0.4, 0.5) is 18.9 Å². The number of hydrogen-bond acceptors (Lipinski definition) is 3. The van der Waals surface area contributed by atoms with Crippen LogP contribution in [-0.4, -0.2) is 20.7 Å². The lowest BCUT2D eigenvalue weighted by molar-refractivity contribution is -0.137. The second kappa shape index (κ2) is 6.64. The van der Waals surface area contributed by atoms with Crippen LogP contribution in [0.3, 0.4) is 0 Å². The molecule has 0 spiro atoms.